The number of hydrogen-bond donors (Lipinski definition) is 1. The van der Waals surface area contributed by atoms with Gasteiger partial charge in [0.1, 0.15) is 5.75 Å². The molecule has 0 aliphatic rings. The number of benzene rings is 2. The van der Waals surface area contributed by atoms with Crippen LogP contribution in [-0.2, 0) is 6.54 Å². The molecule has 0 aliphatic carbocycles. The Bertz CT molecular complexity index is 596. The van der Waals surface area contributed by atoms with Crippen molar-refractivity contribution in [2.75, 3.05) is 6.54 Å². The molecule has 2 aromatic carbocycles. The normalized spacial score (nSPS) is 10.6. The lowest BCUT2D eigenvalue weighted by Crippen LogP contribution is -2.12. The van der Waals surface area contributed by atoms with Crippen LogP contribution in [0.4, 0.5) is 4.39 Å². The van der Waals surface area contributed by atoms with Crippen molar-refractivity contribution >= 4 is 0 Å². The molecule has 106 valence electrons. The first-order valence-corrected chi connectivity index (χ1v) is 6.85. The van der Waals surface area contributed by atoms with Crippen LogP contribution >= 0.6 is 0 Å². The molecule has 0 spiro atoms. The first-order chi connectivity index (χ1) is 9.61. The van der Waals surface area contributed by atoms with E-state index in [4.69, 9.17) is 4.74 Å². The second kappa shape index (κ2) is 6.53. The Morgan fingerprint density at radius 1 is 1.10 bits per heavy atom. The van der Waals surface area contributed by atoms with E-state index in [0.717, 1.165) is 18.7 Å². The van der Waals surface area contributed by atoms with E-state index in [-0.39, 0.29) is 11.6 Å². The number of hydrogen-bond acceptors (Lipinski definition) is 2. The summed E-state index contributed by atoms with van der Waals surface area (Å²) in [5.41, 5.74) is 2.95. The van der Waals surface area contributed by atoms with Gasteiger partial charge in [-0.15, -0.1) is 0 Å². The molecule has 2 nitrogen and oxygen atoms in total. The molecule has 0 saturated heterocycles. The van der Waals surface area contributed by atoms with Crippen LogP contribution in [0.15, 0.2) is 36.4 Å². The van der Waals surface area contributed by atoms with Crippen molar-refractivity contribution in [3.63, 3.8) is 0 Å². The highest BCUT2D eigenvalue weighted by molar-refractivity contribution is 5.39. The summed E-state index contributed by atoms with van der Waals surface area (Å²) in [6.07, 6.45) is 0. The van der Waals surface area contributed by atoms with Gasteiger partial charge in [-0.2, -0.15) is 0 Å². The maximum Gasteiger partial charge on any atom is 0.168 e. The van der Waals surface area contributed by atoms with Crippen molar-refractivity contribution in [3.8, 4) is 11.5 Å². The van der Waals surface area contributed by atoms with Crippen LogP contribution in [0.25, 0.3) is 0 Å². The van der Waals surface area contributed by atoms with Crippen molar-refractivity contribution in [2.24, 2.45) is 0 Å². The van der Waals surface area contributed by atoms with Gasteiger partial charge in [-0.3, -0.25) is 0 Å². The molecule has 0 heterocycles. The fraction of sp³-hybridized carbons (Fsp3) is 0.294. The summed E-state index contributed by atoms with van der Waals surface area (Å²) in [5, 5.41) is 3.29. The minimum atomic E-state index is -0.304. The Hall–Kier alpha value is -1.87. The quantitative estimate of drug-likeness (QED) is 0.874. The van der Waals surface area contributed by atoms with Crippen LogP contribution in [-0.4, -0.2) is 6.54 Å². The number of halogens is 1. The zero-order valence-electron chi connectivity index (χ0n) is 12.2. The van der Waals surface area contributed by atoms with Crippen LogP contribution in [0.1, 0.15) is 23.6 Å². The van der Waals surface area contributed by atoms with Gasteiger partial charge in [-0.05, 0) is 55.3 Å². The van der Waals surface area contributed by atoms with Crippen LogP contribution in [0.3, 0.4) is 0 Å². The number of aryl methyl sites for hydroxylation is 2. The summed E-state index contributed by atoms with van der Waals surface area (Å²) in [5.74, 6) is 0.623. The van der Waals surface area contributed by atoms with Gasteiger partial charge in [0.2, 0.25) is 0 Å². The molecule has 0 aliphatic heterocycles. The SMILES string of the molecule is CCNCc1ccc(Oc2cccc(C)c2F)cc1C. The second-order valence-electron chi connectivity index (χ2n) is 4.86. The summed E-state index contributed by atoms with van der Waals surface area (Å²) in [4.78, 5) is 0. The van der Waals surface area contributed by atoms with E-state index in [1.165, 1.54) is 5.56 Å². The summed E-state index contributed by atoms with van der Waals surface area (Å²) >= 11 is 0. The Balaban J connectivity index is 2.18. The topological polar surface area (TPSA) is 21.3 Å². The number of nitrogens with one attached hydrogen (secondary N) is 1. The molecule has 1 N–H and O–H groups in total. The lowest BCUT2D eigenvalue weighted by atomic mass is 10.1. The van der Waals surface area contributed by atoms with E-state index >= 15 is 0 Å². The Kier molecular flexibility index (Phi) is 4.74. The summed E-state index contributed by atoms with van der Waals surface area (Å²) in [6.45, 7) is 7.61. The minimum Gasteiger partial charge on any atom is -0.454 e. The summed E-state index contributed by atoms with van der Waals surface area (Å²) in [7, 11) is 0. The molecule has 0 amide bonds. The monoisotopic (exact) mass is 273 g/mol. The van der Waals surface area contributed by atoms with E-state index in [9.17, 15) is 4.39 Å². The lowest BCUT2D eigenvalue weighted by Gasteiger charge is -2.11. The van der Waals surface area contributed by atoms with E-state index < -0.39 is 0 Å². The van der Waals surface area contributed by atoms with Gasteiger partial charge in [-0.25, -0.2) is 4.39 Å². The minimum absolute atomic E-state index is 0.267. The van der Waals surface area contributed by atoms with Crippen LogP contribution in [0.5, 0.6) is 11.5 Å². The smallest absolute Gasteiger partial charge is 0.168 e. The van der Waals surface area contributed by atoms with Gasteiger partial charge in [0.15, 0.2) is 11.6 Å². The van der Waals surface area contributed by atoms with Crippen LogP contribution < -0.4 is 10.1 Å². The molecular weight excluding hydrogens is 253 g/mol. The molecule has 0 bridgehead atoms. The van der Waals surface area contributed by atoms with Gasteiger partial charge in [0, 0.05) is 6.54 Å². The second-order valence-corrected chi connectivity index (χ2v) is 4.86. The largest absolute Gasteiger partial charge is 0.454 e. The number of rotatable bonds is 5. The lowest BCUT2D eigenvalue weighted by molar-refractivity contribution is 0.439. The molecule has 2 aromatic rings. The average molecular weight is 273 g/mol. The van der Waals surface area contributed by atoms with Gasteiger partial charge < -0.3 is 10.1 Å². The van der Waals surface area contributed by atoms with Crippen molar-refractivity contribution in [3.05, 3.63) is 58.9 Å². The van der Waals surface area contributed by atoms with Gasteiger partial charge >= 0.3 is 0 Å². The molecule has 20 heavy (non-hydrogen) atoms. The summed E-state index contributed by atoms with van der Waals surface area (Å²) < 4.78 is 19.5. The highest BCUT2D eigenvalue weighted by Gasteiger charge is 2.08. The van der Waals surface area contributed by atoms with Crippen LogP contribution in [0.2, 0.25) is 0 Å². The molecular formula is C17H20FNO. The van der Waals surface area contributed by atoms with Gasteiger partial charge in [0.05, 0.1) is 0 Å². The van der Waals surface area contributed by atoms with Gasteiger partial charge in [0.25, 0.3) is 0 Å². The zero-order valence-corrected chi connectivity index (χ0v) is 12.2. The first-order valence-electron chi connectivity index (χ1n) is 6.85. The Labute approximate surface area is 119 Å². The Morgan fingerprint density at radius 3 is 2.60 bits per heavy atom. The fourth-order valence-corrected chi connectivity index (χ4v) is 2.02. The molecule has 0 radical (unpaired) electrons. The highest BCUT2D eigenvalue weighted by atomic mass is 19.1. The Morgan fingerprint density at radius 2 is 1.90 bits per heavy atom. The third kappa shape index (κ3) is 3.36. The predicted molar refractivity (Wildman–Crippen MR) is 79.8 cm³/mol. The number of ether oxygens (including phenoxy) is 1. The van der Waals surface area contributed by atoms with E-state index in [0.29, 0.717) is 11.3 Å². The van der Waals surface area contributed by atoms with Crippen molar-refractivity contribution in [1.29, 1.82) is 0 Å². The van der Waals surface area contributed by atoms with Crippen LogP contribution in [0, 0.1) is 19.7 Å². The first kappa shape index (κ1) is 14.5. The molecule has 0 fully saturated rings. The molecule has 3 heteroatoms. The maximum absolute atomic E-state index is 13.9. The summed E-state index contributed by atoms with van der Waals surface area (Å²) in [6, 6.07) is 11.0. The fourth-order valence-electron chi connectivity index (χ4n) is 2.02. The predicted octanol–water partition coefficient (Wildman–Crippen LogP) is 4.34. The van der Waals surface area contributed by atoms with Crippen molar-refractivity contribution in [1.82, 2.24) is 5.32 Å². The molecule has 2 rings (SSSR count). The highest BCUT2D eigenvalue weighted by Crippen LogP contribution is 2.27. The molecule has 0 atom stereocenters. The third-order valence-electron chi connectivity index (χ3n) is 3.26. The standard InChI is InChI=1S/C17H20FNO/c1-4-19-11-14-8-9-15(10-13(14)3)20-16-7-5-6-12(2)17(16)18/h5-10,19H,4,11H2,1-3H3. The third-order valence-corrected chi connectivity index (χ3v) is 3.26. The van der Waals surface area contributed by atoms with Crippen molar-refractivity contribution in [2.45, 2.75) is 27.3 Å². The van der Waals surface area contributed by atoms with Crippen molar-refractivity contribution < 1.29 is 9.13 Å². The zero-order chi connectivity index (χ0) is 14.5. The van der Waals surface area contributed by atoms with E-state index in [1.54, 1.807) is 25.1 Å². The van der Waals surface area contributed by atoms with E-state index in [1.807, 2.05) is 25.1 Å². The molecule has 0 saturated carbocycles. The average Bonchev–Trinajstić information content (AvgIpc) is 2.43. The molecule has 0 unspecified atom stereocenters. The molecule has 0 aromatic heterocycles. The van der Waals surface area contributed by atoms with Gasteiger partial charge in [-0.1, -0.05) is 25.1 Å². The van der Waals surface area contributed by atoms with E-state index in [2.05, 4.69) is 12.2 Å². The maximum atomic E-state index is 13.9.